The third-order valence-electron chi connectivity index (χ3n) is 0.554. The van der Waals surface area contributed by atoms with Crippen molar-refractivity contribution in [2.75, 3.05) is 0 Å². The van der Waals surface area contributed by atoms with Crippen LogP contribution in [0.4, 0.5) is 0 Å². The first-order chi connectivity index (χ1) is 2.89. The molecule has 0 spiro atoms. The van der Waals surface area contributed by atoms with Gasteiger partial charge in [-0.15, -0.1) is 0 Å². The van der Waals surface area contributed by atoms with E-state index in [4.69, 9.17) is 4.12 Å². The van der Waals surface area contributed by atoms with Gasteiger partial charge in [-0.1, -0.05) is 0 Å². The predicted molar refractivity (Wildman–Crippen MR) is 24.8 cm³/mol. The van der Waals surface area contributed by atoms with Crippen LogP contribution in [0.1, 0.15) is 0 Å². The van der Waals surface area contributed by atoms with E-state index in [0.29, 0.717) is 0 Å². The fourth-order valence-electron chi connectivity index (χ4n) is 0.275. The lowest BCUT2D eigenvalue weighted by molar-refractivity contribution is -0.0914. The molecule has 6 heavy (non-hydrogen) atoms. The third-order valence-corrected chi connectivity index (χ3v) is 3.89. The molecular formula is CH6O3Si2. The Hall–Kier alpha value is 0.314. The summed E-state index contributed by atoms with van der Waals surface area (Å²) in [5, 5.41) is 0. The smallest absolute Gasteiger partial charge is 0.346 e. The molecular weight excluding hydrogens is 116 g/mol. The summed E-state index contributed by atoms with van der Waals surface area (Å²) in [4.78, 5) is 0. The highest BCUT2D eigenvalue weighted by Gasteiger charge is 2.13. The minimum Gasteiger partial charge on any atom is -0.418 e. The molecule has 5 heteroatoms. The number of rotatable bonds is 0. The van der Waals surface area contributed by atoms with Crippen molar-refractivity contribution in [1.82, 2.24) is 0 Å². The zero-order valence-electron chi connectivity index (χ0n) is 3.51. The minimum atomic E-state index is -1.21. The van der Waals surface area contributed by atoms with E-state index in [1.807, 2.05) is 6.55 Å². The van der Waals surface area contributed by atoms with E-state index < -0.39 is 19.3 Å². The van der Waals surface area contributed by atoms with Crippen LogP contribution in [0.15, 0.2) is 0 Å². The van der Waals surface area contributed by atoms with Crippen LogP contribution in [0.25, 0.3) is 0 Å². The van der Waals surface area contributed by atoms with Gasteiger partial charge in [-0.25, -0.2) is 0 Å². The lowest BCUT2D eigenvalue weighted by Crippen LogP contribution is -2.05. The lowest BCUT2D eigenvalue weighted by Gasteiger charge is -1.88. The molecule has 1 heterocycles. The van der Waals surface area contributed by atoms with E-state index in [2.05, 4.69) is 9.15 Å². The standard InChI is InChI=1S/CH6O3Si2/c1-6-3-2-5-4-6/h6H,5H2,1H3. The second-order valence-corrected chi connectivity index (χ2v) is 4.20. The first-order valence-electron chi connectivity index (χ1n) is 1.79. The highest BCUT2D eigenvalue weighted by molar-refractivity contribution is 6.52. The Morgan fingerprint density at radius 2 is 2.50 bits per heavy atom. The quantitative estimate of drug-likeness (QED) is 0.299. The molecule has 0 radical (unpaired) electrons. The van der Waals surface area contributed by atoms with Gasteiger partial charge in [0, 0.05) is 0 Å². The first-order valence-corrected chi connectivity index (χ1v) is 5.04. The van der Waals surface area contributed by atoms with Crippen LogP contribution in [0.5, 0.6) is 0 Å². The average molecular weight is 122 g/mol. The summed E-state index contributed by atoms with van der Waals surface area (Å²) >= 11 is 0. The van der Waals surface area contributed by atoms with E-state index in [-0.39, 0.29) is 0 Å². The molecule has 1 aliphatic heterocycles. The molecule has 0 aromatic rings. The van der Waals surface area contributed by atoms with Crippen molar-refractivity contribution in [3.05, 3.63) is 0 Å². The SMILES string of the molecule is C[SiH]1OO[SiH2]O1. The monoisotopic (exact) mass is 122 g/mol. The Morgan fingerprint density at radius 3 is 2.67 bits per heavy atom. The van der Waals surface area contributed by atoms with Gasteiger partial charge in [0.1, 0.15) is 0 Å². The Morgan fingerprint density at radius 1 is 1.67 bits per heavy atom. The maximum Gasteiger partial charge on any atom is 0.346 e. The molecule has 1 aliphatic rings. The van der Waals surface area contributed by atoms with Gasteiger partial charge in [0.15, 0.2) is 0 Å². The first kappa shape index (κ1) is 4.47. The van der Waals surface area contributed by atoms with E-state index in [1.54, 1.807) is 0 Å². The van der Waals surface area contributed by atoms with Gasteiger partial charge in [0.05, 0.1) is 0 Å². The largest absolute Gasteiger partial charge is 0.418 e. The summed E-state index contributed by atoms with van der Waals surface area (Å²) in [7, 11) is -1.87. The lowest BCUT2D eigenvalue weighted by atomic mass is 11.9. The molecule has 0 aliphatic carbocycles. The van der Waals surface area contributed by atoms with Crippen LogP contribution in [0.3, 0.4) is 0 Å². The summed E-state index contributed by atoms with van der Waals surface area (Å²) in [6.07, 6.45) is 0. The van der Waals surface area contributed by atoms with Gasteiger partial charge in [0.2, 0.25) is 0 Å². The van der Waals surface area contributed by atoms with Crippen LogP contribution < -0.4 is 0 Å². The molecule has 3 nitrogen and oxygen atoms in total. The predicted octanol–water partition coefficient (Wildman–Crippen LogP) is -1.19. The van der Waals surface area contributed by atoms with Crippen molar-refractivity contribution in [2.24, 2.45) is 0 Å². The summed E-state index contributed by atoms with van der Waals surface area (Å²) in [5.41, 5.74) is 0. The second-order valence-electron chi connectivity index (χ2n) is 1.07. The highest BCUT2D eigenvalue weighted by Crippen LogP contribution is 1.94. The molecule has 0 saturated carbocycles. The van der Waals surface area contributed by atoms with Gasteiger partial charge < -0.3 is 4.12 Å². The minimum absolute atomic E-state index is 0.665. The zero-order valence-corrected chi connectivity index (χ0v) is 6.08. The van der Waals surface area contributed by atoms with Crippen LogP contribution >= 0.6 is 0 Å². The molecule has 1 saturated heterocycles. The molecule has 36 valence electrons. The Kier molecular flexibility index (Phi) is 1.38. The van der Waals surface area contributed by atoms with Crippen LogP contribution in [0.2, 0.25) is 6.55 Å². The van der Waals surface area contributed by atoms with Crippen molar-refractivity contribution >= 4 is 19.3 Å². The summed E-state index contributed by atoms with van der Waals surface area (Å²) in [6.45, 7) is 1.94. The van der Waals surface area contributed by atoms with Crippen LogP contribution in [-0.4, -0.2) is 19.3 Å². The Balaban J connectivity index is 2.18. The summed E-state index contributed by atoms with van der Waals surface area (Å²) in [5.74, 6) is 0. The van der Waals surface area contributed by atoms with Gasteiger partial charge >= 0.3 is 19.3 Å². The fraction of sp³-hybridized carbons (Fsp3) is 1.00. The molecule has 1 unspecified atom stereocenters. The normalized spacial score (nSPS) is 38.5. The van der Waals surface area contributed by atoms with Crippen molar-refractivity contribution in [1.29, 1.82) is 0 Å². The highest BCUT2D eigenvalue weighted by atomic mass is 28.4. The number of hydrogen-bond acceptors (Lipinski definition) is 3. The summed E-state index contributed by atoms with van der Waals surface area (Å²) < 4.78 is 14.2. The van der Waals surface area contributed by atoms with Gasteiger partial charge in [-0.3, -0.25) is 9.15 Å². The van der Waals surface area contributed by atoms with Gasteiger partial charge in [-0.2, -0.15) is 0 Å². The van der Waals surface area contributed by atoms with Gasteiger partial charge in [0.25, 0.3) is 0 Å². The maximum absolute atomic E-state index is 4.99. The van der Waals surface area contributed by atoms with E-state index in [0.717, 1.165) is 0 Å². The van der Waals surface area contributed by atoms with E-state index >= 15 is 0 Å². The van der Waals surface area contributed by atoms with Gasteiger partial charge in [-0.05, 0) is 6.55 Å². The van der Waals surface area contributed by atoms with Crippen molar-refractivity contribution in [3.63, 3.8) is 0 Å². The topological polar surface area (TPSA) is 27.7 Å². The summed E-state index contributed by atoms with van der Waals surface area (Å²) in [6, 6.07) is 0. The number of hydrogen-bond donors (Lipinski definition) is 0. The van der Waals surface area contributed by atoms with E-state index in [9.17, 15) is 0 Å². The van der Waals surface area contributed by atoms with Crippen molar-refractivity contribution in [2.45, 2.75) is 6.55 Å². The molecule has 1 rings (SSSR count). The Labute approximate surface area is 40.0 Å². The molecule has 0 aromatic carbocycles. The Bertz CT molecular complexity index is 42.1. The van der Waals surface area contributed by atoms with Crippen LogP contribution in [-0.2, 0) is 13.3 Å². The maximum atomic E-state index is 4.99. The zero-order chi connectivity index (χ0) is 4.41. The van der Waals surface area contributed by atoms with Crippen LogP contribution in [0, 0.1) is 0 Å². The molecule has 0 bridgehead atoms. The average Bonchev–Trinajstić information content (AvgIpc) is 1.86. The van der Waals surface area contributed by atoms with E-state index in [1.165, 1.54) is 0 Å². The fourth-order valence-corrected chi connectivity index (χ4v) is 2.47. The second kappa shape index (κ2) is 1.85. The van der Waals surface area contributed by atoms with Crippen molar-refractivity contribution in [3.8, 4) is 0 Å². The molecule has 0 amide bonds. The molecule has 1 atom stereocenters. The third kappa shape index (κ3) is 0.886. The molecule has 1 fully saturated rings. The molecule has 0 N–H and O–H groups in total. The van der Waals surface area contributed by atoms with Crippen molar-refractivity contribution < 1.29 is 13.3 Å². The molecule has 0 aromatic heterocycles.